The molecule has 3 N–H and O–H groups in total. The van der Waals surface area contributed by atoms with Crippen LogP contribution >= 0.6 is 0 Å². The average Bonchev–Trinajstić information content (AvgIpc) is 2.72. The number of fused-ring (bicyclic) bond motifs is 1. The first-order chi connectivity index (χ1) is 7.29. The summed E-state index contributed by atoms with van der Waals surface area (Å²) >= 11 is 0. The SMILES string of the molecule is CNC(=O)NCc1ccc2cc[nH]c2c1. The van der Waals surface area contributed by atoms with Crippen LogP contribution in [0.3, 0.4) is 0 Å². The Labute approximate surface area is 87.7 Å². The smallest absolute Gasteiger partial charge is 0.314 e. The van der Waals surface area contributed by atoms with Gasteiger partial charge in [-0.25, -0.2) is 4.79 Å². The molecule has 0 saturated carbocycles. The van der Waals surface area contributed by atoms with Gasteiger partial charge in [0, 0.05) is 25.3 Å². The zero-order valence-corrected chi connectivity index (χ0v) is 8.50. The number of aromatic amines is 1. The van der Waals surface area contributed by atoms with Crippen molar-refractivity contribution < 1.29 is 4.79 Å². The van der Waals surface area contributed by atoms with Gasteiger partial charge in [0.1, 0.15) is 0 Å². The van der Waals surface area contributed by atoms with E-state index in [1.807, 2.05) is 30.5 Å². The number of H-pyrrole nitrogens is 1. The molecule has 78 valence electrons. The summed E-state index contributed by atoms with van der Waals surface area (Å²) in [7, 11) is 1.60. The lowest BCUT2D eigenvalue weighted by molar-refractivity contribution is 0.242. The van der Waals surface area contributed by atoms with Crippen LogP contribution in [0.1, 0.15) is 5.56 Å². The molecular weight excluding hydrogens is 190 g/mol. The molecule has 0 fully saturated rings. The highest BCUT2D eigenvalue weighted by Gasteiger charge is 1.99. The fourth-order valence-electron chi connectivity index (χ4n) is 1.48. The predicted molar refractivity (Wildman–Crippen MR) is 59.6 cm³/mol. The maximum Gasteiger partial charge on any atom is 0.314 e. The van der Waals surface area contributed by atoms with E-state index in [0.717, 1.165) is 11.1 Å². The molecule has 2 rings (SSSR count). The van der Waals surface area contributed by atoms with Crippen molar-refractivity contribution in [2.45, 2.75) is 6.54 Å². The van der Waals surface area contributed by atoms with Crippen molar-refractivity contribution in [3.05, 3.63) is 36.0 Å². The monoisotopic (exact) mass is 203 g/mol. The van der Waals surface area contributed by atoms with Gasteiger partial charge in [-0.05, 0) is 23.1 Å². The molecule has 0 spiro atoms. The standard InChI is InChI=1S/C11H13N3O/c1-12-11(15)14-7-8-2-3-9-4-5-13-10(9)6-8/h2-6,13H,7H2,1H3,(H2,12,14,15). The fourth-order valence-corrected chi connectivity index (χ4v) is 1.48. The maximum absolute atomic E-state index is 11.0. The van der Waals surface area contributed by atoms with E-state index in [2.05, 4.69) is 15.6 Å². The van der Waals surface area contributed by atoms with Crippen molar-refractivity contribution >= 4 is 16.9 Å². The van der Waals surface area contributed by atoms with Gasteiger partial charge in [0.15, 0.2) is 0 Å². The molecule has 0 aliphatic heterocycles. The lowest BCUT2D eigenvalue weighted by Gasteiger charge is -2.04. The topological polar surface area (TPSA) is 56.9 Å². The maximum atomic E-state index is 11.0. The molecule has 4 nitrogen and oxygen atoms in total. The number of carbonyl (C=O) groups excluding carboxylic acids is 1. The van der Waals surface area contributed by atoms with Crippen molar-refractivity contribution in [1.29, 1.82) is 0 Å². The lowest BCUT2D eigenvalue weighted by atomic mass is 10.1. The van der Waals surface area contributed by atoms with E-state index < -0.39 is 0 Å². The van der Waals surface area contributed by atoms with Crippen molar-refractivity contribution in [3.8, 4) is 0 Å². The summed E-state index contributed by atoms with van der Waals surface area (Å²) in [5.74, 6) is 0. The van der Waals surface area contributed by atoms with E-state index in [1.165, 1.54) is 5.39 Å². The molecule has 0 atom stereocenters. The molecule has 2 aromatic rings. The summed E-state index contributed by atoms with van der Waals surface area (Å²) in [6.07, 6.45) is 1.90. The highest BCUT2D eigenvalue weighted by Crippen LogP contribution is 2.13. The van der Waals surface area contributed by atoms with E-state index in [0.29, 0.717) is 6.54 Å². The number of amides is 2. The van der Waals surface area contributed by atoms with Crippen molar-refractivity contribution in [2.75, 3.05) is 7.05 Å². The second kappa shape index (κ2) is 4.04. The second-order valence-corrected chi connectivity index (χ2v) is 3.33. The summed E-state index contributed by atoms with van der Waals surface area (Å²) < 4.78 is 0. The van der Waals surface area contributed by atoms with Gasteiger partial charge >= 0.3 is 6.03 Å². The minimum Gasteiger partial charge on any atom is -0.361 e. The highest BCUT2D eigenvalue weighted by molar-refractivity contribution is 5.80. The van der Waals surface area contributed by atoms with Gasteiger partial charge in [-0.15, -0.1) is 0 Å². The van der Waals surface area contributed by atoms with Gasteiger partial charge < -0.3 is 15.6 Å². The summed E-state index contributed by atoms with van der Waals surface area (Å²) in [5, 5.41) is 6.43. The van der Waals surface area contributed by atoms with Crippen LogP contribution < -0.4 is 10.6 Å². The third kappa shape index (κ3) is 2.10. The fraction of sp³-hybridized carbons (Fsp3) is 0.182. The molecule has 2 amide bonds. The number of benzene rings is 1. The van der Waals surface area contributed by atoms with E-state index in [4.69, 9.17) is 0 Å². The van der Waals surface area contributed by atoms with Crippen molar-refractivity contribution in [3.63, 3.8) is 0 Å². The van der Waals surface area contributed by atoms with Crippen LogP contribution in [0.2, 0.25) is 0 Å². The van der Waals surface area contributed by atoms with Gasteiger partial charge in [0.05, 0.1) is 0 Å². The van der Waals surface area contributed by atoms with E-state index >= 15 is 0 Å². The first-order valence-corrected chi connectivity index (χ1v) is 4.81. The largest absolute Gasteiger partial charge is 0.361 e. The Balaban J connectivity index is 2.11. The van der Waals surface area contributed by atoms with Gasteiger partial charge in [0.25, 0.3) is 0 Å². The number of rotatable bonds is 2. The molecule has 0 radical (unpaired) electrons. The molecule has 15 heavy (non-hydrogen) atoms. The zero-order valence-electron chi connectivity index (χ0n) is 8.50. The summed E-state index contributed by atoms with van der Waals surface area (Å²) in [6.45, 7) is 0.536. The predicted octanol–water partition coefficient (Wildman–Crippen LogP) is 1.60. The van der Waals surface area contributed by atoms with Crippen molar-refractivity contribution in [1.82, 2.24) is 15.6 Å². The van der Waals surface area contributed by atoms with Crippen LogP contribution in [0.5, 0.6) is 0 Å². The highest BCUT2D eigenvalue weighted by atomic mass is 16.2. The zero-order chi connectivity index (χ0) is 10.7. The molecule has 0 saturated heterocycles. The Kier molecular flexibility index (Phi) is 2.58. The van der Waals surface area contributed by atoms with Crippen molar-refractivity contribution in [2.24, 2.45) is 0 Å². The third-order valence-corrected chi connectivity index (χ3v) is 2.30. The van der Waals surface area contributed by atoms with E-state index in [9.17, 15) is 4.79 Å². The Morgan fingerprint density at radius 1 is 1.40 bits per heavy atom. The third-order valence-electron chi connectivity index (χ3n) is 2.30. The van der Waals surface area contributed by atoms with Crippen LogP contribution in [0.25, 0.3) is 10.9 Å². The van der Waals surface area contributed by atoms with Crippen LogP contribution in [0.15, 0.2) is 30.5 Å². The summed E-state index contributed by atoms with van der Waals surface area (Å²) in [6, 6.07) is 7.93. The van der Waals surface area contributed by atoms with Gasteiger partial charge in [-0.1, -0.05) is 12.1 Å². The Hall–Kier alpha value is -1.97. The molecule has 4 heteroatoms. The second-order valence-electron chi connectivity index (χ2n) is 3.33. The Morgan fingerprint density at radius 3 is 3.07 bits per heavy atom. The lowest BCUT2D eigenvalue weighted by Crippen LogP contribution is -2.32. The number of urea groups is 1. The molecule has 0 unspecified atom stereocenters. The normalized spacial score (nSPS) is 10.2. The molecule has 0 aliphatic rings. The van der Waals surface area contributed by atoms with E-state index in [-0.39, 0.29) is 6.03 Å². The van der Waals surface area contributed by atoms with Gasteiger partial charge in [-0.2, -0.15) is 0 Å². The summed E-state index contributed by atoms with van der Waals surface area (Å²) in [4.78, 5) is 14.1. The first-order valence-electron chi connectivity index (χ1n) is 4.81. The molecule has 0 bridgehead atoms. The molecular formula is C11H13N3O. The molecule has 0 aliphatic carbocycles. The minimum absolute atomic E-state index is 0.165. The van der Waals surface area contributed by atoms with E-state index in [1.54, 1.807) is 7.05 Å². The van der Waals surface area contributed by atoms with Gasteiger partial charge in [-0.3, -0.25) is 0 Å². The molecule has 1 heterocycles. The molecule has 1 aromatic carbocycles. The molecule has 1 aromatic heterocycles. The Morgan fingerprint density at radius 2 is 2.27 bits per heavy atom. The number of carbonyl (C=O) groups is 1. The number of aromatic nitrogens is 1. The quantitative estimate of drug-likeness (QED) is 0.682. The average molecular weight is 203 g/mol. The Bertz CT molecular complexity index is 475. The van der Waals surface area contributed by atoms with Crippen LogP contribution in [0, 0.1) is 0 Å². The summed E-state index contributed by atoms with van der Waals surface area (Å²) in [5.41, 5.74) is 2.17. The minimum atomic E-state index is -0.165. The van der Waals surface area contributed by atoms with Crippen LogP contribution in [-0.4, -0.2) is 18.1 Å². The number of hydrogen-bond donors (Lipinski definition) is 3. The first kappa shape index (κ1) is 9.58. The number of nitrogens with one attached hydrogen (secondary N) is 3. The van der Waals surface area contributed by atoms with Gasteiger partial charge in [0.2, 0.25) is 0 Å². The van der Waals surface area contributed by atoms with Crippen LogP contribution in [0.4, 0.5) is 4.79 Å². The number of hydrogen-bond acceptors (Lipinski definition) is 1. The van der Waals surface area contributed by atoms with Crippen LogP contribution in [-0.2, 0) is 6.54 Å².